The van der Waals surface area contributed by atoms with Crippen molar-refractivity contribution < 1.29 is 9.53 Å². The molecule has 19 heavy (non-hydrogen) atoms. The van der Waals surface area contributed by atoms with E-state index in [1.54, 1.807) is 25.5 Å². The van der Waals surface area contributed by atoms with Gasteiger partial charge in [0.05, 0.1) is 18.8 Å². The van der Waals surface area contributed by atoms with Crippen molar-refractivity contribution in [3.63, 3.8) is 0 Å². The number of pyridine rings is 1. The van der Waals surface area contributed by atoms with Gasteiger partial charge >= 0.3 is 0 Å². The number of rotatable bonds is 8. The van der Waals surface area contributed by atoms with Crippen LogP contribution in [-0.4, -0.2) is 63.2 Å². The molecule has 0 bridgehead atoms. The molecule has 0 saturated heterocycles. The number of nitrogens with zero attached hydrogens (tertiary/aromatic N) is 2. The molecular weight excluding hydrogens is 244 g/mol. The van der Waals surface area contributed by atoms with Gasteiger partial charge in [-0.3, -0.25) is 9.78 Å². The van der Waals surface area contributed by atoms with Gasteiger partial charge in [-0.15, -0.1) is 0 Å². The summed E-state index contributed by atoms with van der Waals surface area (Å²) in [7, 11) is 5.76. The number of nitrogens with one attached hydrogen (secondary N) is 2. The van der Waals surface area contributed by atoms with Crippen molar-refractivity contribution in [3.05, 3.63) is 24.0 Å². The number of hydrogen-bond donors (Lipinski definition) is 2. The molecule has 0 radical (unpaired) electrons. The van der Waals surface area contributed by atoms with Crippen molar-refractivity contribution in [2.45, 2.75) is 0 Å². The first-order valence-electron chi connectivity index (χ1n) is 6.27. The molecule has 2 N–H and O–H groups in total. The Balaban J connectivity index is 2.28. The summed E-state index contributed by atoms with van der Waals surface area (Å²) < 4.78 is 5.40. The Hall–Kier alpha value is -1.66. The van der Waals surface area contributed by atoms with Crippen LogP contribution in [0.2, 0.25) is 0 Å². The number of carbonyl (C=O) groups excluding carboxylic acids is 1. The zero-order chi connectivity index (χ0) is 14.1. The van der Waals surface area contributed by atoms with E-state index >= 15 is 0 Å². The molecular formula is C13H22N4O2. The Morgan fingerprint density at radius 3 is 2.89 bits per heavy atom. The van der Waals surface area contributed by atoms with Crippen molar-refractivity contribution in [1.82, 2.24) is 15.2 Å². The Morgan fingerprint density at radius 1 is 1.42 bits per heavy atom. The summed E-state index contributed by atoms with van der Waals surface area (Å²) in [5.41, 5.74) is 1.30. The Labute approximate surface area is 114 Å². The van der Waals surface area contributed by atoms with Gasteiger partial charge in [-0.2, -0.15) is 0 Å². The molecule has 1 heterocycles. The number of likely N-dealkylation sites (N-methyl/N-ethyl adjacent to an activating group) is 1. The third kappa shape index (κ3) is 5.67. The number of carbonyl (C=O) groups is 1. The van der Waals surface area contributed by atoms with Gasteiger partial charge in [0.15, 0.2) is 0 Å². The van der Waals surface area contributed by atoms with Gasteiger partial charge in [0.2, 0.25) is 0 Å². The molecule has 0 spiro atoms. The van der Waals surface area contributed by atoms with Gasteiger partial charge in [-0.1, -0.05) is 0 Å². The summed E-state index contributed by atoms with van der Waals surface area (Å²) in [5, 5.41) is 5.77. The fourth-order valence-corrected chi connectivity index (χ4v) is 1.47. The van der Waals surface area contributed by atoms with E-state index < -0.39 is 0 Å². The van der Waals surface area contributed by atoms with E-state index in [4.69, 9.17) is 4.74 Å². The minimum Gasteiger partial charge on any atom is -0.387 e. The van der Waals surface area contributed by atoms with Crippen LogP contribution >= 0.6 is 0 Å². The molecule has 6 heteroatoms. The van der Waals surface area contributed by atoms with E-state index in [1.807, 2.05) is 19.0 Å². The van der Waals surface area contributed by atoms with Gasteiger partial charge in [0.25, 0.3) is 5.91 Å². The zero-order valence-electron chi connectivity index (χ0n) is 11.8. The highest BCUT2D eigenvalue weighted by Crippen LogP contribution is 2.11. The van der Waals surface area contributed by atoms with Crippen LogP contribution in [0.25, 0.3) is 0 Å². The molecule has 0 aromatic carbocycles. The lowest BCUT2D eigenvalue weighted by Crippen LogP contribution is -2.29. The quantitative estimate of drug-likeness (QED) is 0.668. The maximum atomic E-state index is 11.9. The van der Waals surface area contributed by atoms with Gasteiger partial charge < -0.3 is 20.3 Å². The minimum atomic E-state index is -0.145. The lowest BCUT2D eigenvalue weighted by atomic mass is 10.2. The van der Waals surface area contributed by atoms with E-state index in [9.17, 15) is 4.79 Å². The van der Waals surface area contributed by atoms with Crippen molar-refractivity contribution >= 4 is 11.6 Å². The maximum Gasteiger partial charge on any atom is 0.255 e. The molecule has 6 nitrogen and oxygen atoms in total. The van der Waals surface area contributed by atoms with Crippen LogP contribution in [0.5, 0.6) is 0 Å². The van der Waals surface area contributed by atoms with Crippen LogP contribution in [0.3, 0.4) is 0 Å². The number of hydrogen-bond acceptors (Lipinski definition) is 5. The average Bonchev–Trinajstić information content (AvgIpc) is 2.42. The first-order chi connectivity index (χ1) is 9.15. The number of aromatic nitrogens is 1. The minimum absolute atomic E-state index is 0.145. The predicted octanol–water partition coefficient (Wildman–Crippen LogP) is 0.431. The Kier molecular flexibility index (Phi) is 6.84. The third-order valence-electron chi connectivity index (χ3n) is 2.55. The summed E-state index contributed by atoms with van der Waals surface area (Å²) in [6, 6.07) is 1.77. The normalized spacial score (nSPS) is 10.5. The lowest BCUT2D eigenvalue weighted by Gasteiger charge is -2.11. The van der Waals surface area contributed by atoms with Gasteiger partial charge in [0.1, 0.15) is 0 Å². The predicted molar refractivity (Wildman–Crippen MR) is 75.5 cm³/mol. The molecule has 0 unspecified atom stereocenters. The first-order valence-corrected chi connectivity index (χ1v) is 6.27. The molecule has 1 rings (SSSR count). The second kappa shape index (κ2) is 8.44. The van der Waals surface area contributed by atoms with E-state index in [-0.39, 0.29) is 5.91 Å². The zero-order valence-corrected chi connectivity index (χ0v) is 11.8. The Morgan fingerprint density at radius 2 is 2.21 bits per heavy atom. The topological polar surface area (TPSA) is 66.5 Å². The maximum absolute atomic E-state index is 11.9. The standard InChI is InChI=1S/C13H22N4O2/c1-14-12-4-5-15-10-11(12)13(18)16-6-8-19-9-7-17(2)3/h4-5,10H,6-9H2,1-3H3,(H,14,15)(H,16,18). The fourth-order valence-electron chi connectivity index (χ4n) is 1.47. The smallest absolute Gasteiger partial charge is 0.255 e. The molecule has 0 fully saturated rings. The van der Waals surface area contributed by atoms with Gasteiger partial charge in [0, 0.05) is 38.2 Å². The van der Waals surface area contributed by atoms with Crippen LogP contribution < -0.4 is 10.6 Å². The van der Waals surface area contributed by atoms with Crippen molar-refractivity contribution in [2.24, 2.45) is 0 Å². The summed E-state index contributed by atoms with van der Waals surface area (Å²) in [5.74, 6) is -0.145. The van der Waals surface area contributed by atoms with Crippen LogP contribution in [0.15, 0.2) is 18.5 Å². The highest BCUT2D eigenvalue weighted by molar-refractivity contribution is 5.99. The summed E-state index contributed by atoms with van der Waals surface area (Å²) >= 11 is 0. The van der Waals surface area contributed by atoms with E-state index in [2.05, 4.69) is 15.6 Å². The van der Waals surface area contributed by atoms with Gasteiger partial charge in [-0.05, 0) is 20.2 Å². The monoisotopic (exact) mass is 266 g/mol. The fraction of sp³-hybridized carbons (Fsp3) is 0.538. The second-order valence-electron chi connectivity index (χ2n) is 4.34. The van der Waals surface area contributed by atoms with E-state index in [0.717, 1.165) is 12.2 Å². The van der Waals surface area contributed by atoms with Crippen LogP contribution in [0.4, 0.5) is 5.69 Å². The molecule has 1 aromatic rings. The average molecular weight is 266 g/mol. The SMILES string of the molecule is CNc1ccncc1C(=O)NCCOCCN(C)C. The largest absolute Gasteiger partial charge is 0.387 e. The van der Waals surface area contributed by atoms with Crippen LogP contribution in [0.1, 0.15) is 10.4 Å². The third-order valence-corrected chi connectivity index (χ3v) is 2.55. The molecule has 0 saturated carbocycles. The molecule has 0 atom stereocenters. The van der Waals surface area contributed by atoms with E-state index in [0.29, 0.717) is 25.3 Å². The number of ether oxygens (including phenoxy) is 1. The Bertz CT molecular complexity index is 396. The molecule has 1 amide bonds. The molecule has 106 valence electrons. The second-order valence-corrected chi connectivity index (χ2v) is 4.34. The number of amides is 1. The van der Waals surface area contributed by atoms with E-state index in [1.165, 1.54) is 0 Å². The lowest BCUT2D eigenvalue weighted by molar-refractivity contribution is 0.0900. The molecule has 0 aliphatic rings. The van der Waals surface area contributed by atoms with Crippen LogP contribution in [-0.2, 0) is 4.74 Å². The highest BCUT2D eigenvalue weighted by atomic mass is 16.5. The van der Waals surface area contributed by atoms with Gasteiger partial charge in [-0.25, -0.2) is 0 Å². The van der Waals surface area contributed by atoms with Crippen LogP contribution in [0, 0.1) is 0 Å². The first kappa shape index (κ1) is 15.4. The summed E-state index contributed by atoms with van der Waals surface area (Å²) in [4.78, 5) is 17.9. The summed E-state index contributed by atoms with van der Waals surface area (Å²) in [6.07, 6.45) is 3.20. The molecule has 0 aliphatic carbocycles. The molecule has 1 aromatic heterocycles. The highest BCUT2D eigenvalue weighted by Gasteiger charge is 2.09. The van der Waals surface area contributed by atoms with Crippen molar-refractivity contribution in [3.8, 4) is 0 Å². The number of anilines is 1. The summed E-state index contributed by atoms with van der Waals surface area (Å²) in [6.45, 7) is 2.54. The van der Waals surface area contributed by atoms with Crippen molar-refractivity contribution in [2.75, 3.05) is 52.8 Å². The molecule has 0 aliphatic heterocycles. The van der Waals surface area contributed by atoms with Crippen molar-refractivity contribution in [1.29, 1.82) is 0 Å².